The second-order valence-corrected chi connectivity index (χ2v) is 5.82. The molecule has 4 heteroatoms. The van der Waals surface area contributed by atoms with E-state index in [1.165, 1.54) is 12.8 Å². The zero-order valence-corrected chi connectivity index (χ0v) is 12.1. The molecule has 2 rings (SSSR count). The number of phenols is 1. The summed E-state index contributed by atoms with van der Waals surface area (Å²) >= 11 is 3.44. The smallest absolute Gasteiger partial charge is 0.120 e. The maximum absolute atomic E-state index is 9.88. The van der Waals surface area contributed by atoms with Gasteiger partial charge in [0.2, 0.25) is 0 Å². The minimum atomic E-state index is 0.242. The largest absolute Gasteiger partial charge is 0.508 e. The zero-order chi connectivity index (χ0) is 13.0. The summed E-state index contributed by atoms with van der Waals surface area (Å²) in [6.07, 6.45) is 4.42. The molecule has 0 amide bonds. The summed E-state index contributed by atoms with van der Waals surface area (Å²) in [5.74, 6) is 0.353. The maximum atomic E-state index is 9.88. The van der Waals surface area contributed by atoms with Crippen molar-refractivity contribution in [2.45, 2.75) is 38.3 Å². The van der Waals surface area contributed by atoms with Crippen molar-refractivity contribution in [3.63, 3.8) is 0 Å². The first-order chi connectivity index (χ1) is 8.70. The van der Waals surface area contributed by atoms with Gasteiger partial charge in [-0.15, -0.1) is 0 Å². The highest BCUT2D eigenvalue weighted by atomic mass is 79.9. The first-order valence-electron chi connectivity index (χ1n) is 6.53. The number of piperidine rings is 1. The van der Waals surface area contributed by atoms with Crippen molar-refractivity contribution in [3.8, 4) is 5.75 Å². The van der Waals surface area contributed by atoms with Gasteiger partial charge in [-0.3, -0.25) is 4.90 Å². The van der Waals surface area contributed by atoms with E-state index in [4.69, 9.17) is 5.11 Å². The number of likely N-dealkylation sites (tertiary alicyclic amines) is 1. The van der Waals surface area contributed by atoms with Crippen LogP contribution in [-0.2, 0) is 6.54 Å². The molecular formula is C14H20BrNO2. The molecule has 1 unspecified atom stereocenters. The Balaban J connectivity index is 2.08. The summed E-state index contributed by atoms with van der Waals surface area (Å²) in [4.78, 5) is 2.38. The number of nitrogens with zero attached hydrogens (tertiary/aromatic N) is 1. The number of hydrogen-bond donors (Lipinski definition) is 2. The molecule has 1 aliphatic heterocycles. The van der Waals surface area contributed by atoms with Crippen LogP contribution in [0.4, 0.5) is 0 Å². The van der Waals surface area contributed by atoms with Crippen LogP contribution in [-0.4, -0.2) is 34.3 Å². The Morgan fingerprint density at radius 1 is 1.33 bits per heavy atom. The molecule has 0 aliphatic carbocycles. The number of benzene rings is 1. The minimum Gasteiger partial charge on any atom is -0.508 e. The van der Waals surface area contributed by atoms with Gasteiger partial charge in [-0.05, 0) is 44.0 Å². The minimum absolute atomic E-state index is 0.242. The normalized spacial score (nSPS) is 21.1. The third kappa shape index (κ3) is 3.46. The Labute approximate surface area is 117 Å². The summed E-state index contributed by atoms with van der Waals surface area (Å²) < 4.78 is 0.992. The quantitative estimate of drug-likeness (QED) is 0.898. The standard InChI is InChI=1S/C14H20BrNO2/c15-12-4-5-14(18)11(9-12)10-16-7-2-1-3-13(16)6-8-17/h4-5,9,13,17-18H,1-3,6-8,10H2. The number of halogens is 1. The van der Waals surface area contributed by atoms with Gasteiger partial charge < -0.3 is 10.2 Å². The molecule has 18 heavy (non-hydrogen) atoms. The van der Waals surface area contributed by atoms with E-state index < -0.39 is 0 Å². The predicted molar refractivity (Wildman–Crippen MR) is 75.6 cm³/mol. The van der Waals surface area contributed by atoms with Crippen LogP contribution in [0.15, 0.2) is 22.7 Å². The van der Waals surface area contributed by atoms with Crippen LogP contribution in [0.2, 0.25) is 0 Å². The van der Waals surface area contributed by atoms with Crippen molar-refractivity contribution in [1.29, 1.82) is 0 Å². The monoisotopic (exact) mass is 313 g/mol. The van der Waals surface area contributed by atoms with Gasteiger partial charge in [-0.25, -0.2) is 0 Å². The predicted octanol–water partition coefficient (Wildman–Crippen LogP) is 2.89. The molecule has 2 N–H and O–H groups in total. The molecule has 1 heterocycles. The average molecular weight is 314 g/mol. The van der Waals surface area contributed by atoms with Crippen LogP contribution >= 0.6 is 15.9 Å². The Hall–Kier alpha value is -0.580. The van der Waals surface area contributed by atoms with E-state index >= 15 is 0 Å². The molecule has 1 saturated heterocycles. The van der Waals surface area contributed by atoms with Crippen LogP contribution in [0.5, 0.6) is 5.75 Å². The molecular weight excluding hydrogens is 294 g/mol. The molecule has 0 aromatic heterocycles. The average Bonchev–Trinajstić information content (AvgIpc) is 2.36. The van der Waals surface area contributed by atoms with E-state index in [1.54, 1.807) is 6.07 Å². The number of hydrogen-bond acceptors (Lipinski definition) is 3. The fourth-order valence-corrected chi connectivity index (χ4v) is 3.05. The van der Waals surface area contributed by atoms with E-state index in [-0.39, 0.29) is 6.61 Å². The molecule has 1 atom stereocenters. The fraction of sp³-hybridized carbons (Fsp3) is 0.571. The van der Waals surface area contributed by atoms with Gasteiger partial charge in [0.05, 0.1) is 0 Å². The molecule has 0 spiro atoms. The first-order valence-corrected chi connectivity index (χ1v) is 7.32. The molecule has 1 aromatic rings. The third-order valence-corrected chi connectivity index (χ3v) is 4.12. The summed E-state index contributed by atoms with van der Waals surface area (Å²) in [6.45, 7) is 2.05. The summed E-state index contributed by atoms with van der Waals surface area (Å²) in [5, 5.41) is 19.0. The topological polar surface area (TPSA) is 43.7 Å². The molecule has 1 aromatic carbocycles. The summed E-state index contributed by atoms with van der Waals surface area (Å²) in [7, 11) is 0. The van der Waals surface area contributed by atoms with Gasteiger partial charge >= 0.3 is 0 Å². The van der Waals surface area contributed by atoms with E-state index in [1.807, 2.05) is 12.1 Å². The fourth-order valence-electron chi connectivity index (χ4n) is 2.64. The molecule has 3 nitrogen and oxygen atoms in total. The van der Waals surface area contributed by atoms with Gasteiger partial charge in [-0.1, -0.05) is 22.4 Å². The highest BCUT2D eigenvalue weighted by molar-refractivity contribution is 9.10. The van der Waals surface area contributed by atoms with Crippen LogP contribution in [0.3, 0.4) is 0 Å². The van der Waals surface area contributed by atoms with E-state index in [9.17, 15) is 5.11 Å². The number of phenolic OH excluding ortho intramolecular Hbond substituents is 1. The lowest BCUT2D eigenvalue weighted by Crippen LogP contribution is -2.39. The Kier molecular flexibility index (Phi) is 5.03. The van der Waals surface area contributed by atoms with Crippen molar-refractivity contribution in [1.82, 2.24) is 4.90 Å². The number of rotatable bonds is 4. The summed E-state index contributed by atoms with van der Waals surface area (Å²) in [6, 6.07) is 5.99. The van der Waals surface area contributed by atoms with E-state index in [0.29, 0.717) is 11.8 Å². The van der Waals surface area contributed by atoms with E-state index in [0.717, 1.165) is 36.0 Å². The lowest BCUT2D eigenvalue weighted by molar-refractivity contribution is 0.111. The van der Waals surface area contributed by atoms with Crippen LogP contribution < -0.4 is 0 Å². The highest BCUT2D eigenvalue weighted by Gasteiger charge is 2.22. The van der Waals surface area contributed by atoms with Crippen molar-refractivity contribution in [3.05, 3.63) is 28.2 Å². The molecule has 1 aliphatic rings. The maximum Gasteiger partial charge on any atom is 0.120 e. The molecule has 1 fully saturated rings. The molecule has 0 bridgehead atoms. The van der Waals surface area contributed by atoms with E-state index in [2.05, 4.69) is 20.8 Å². The number of aromatic hydroxyl groups is 1. The van der Waals surface area contributed by atoms with Gasteiger partial charge in [0.1, 0.15) is 5.75 Å². The number of aliphatic hydroxyl groups excluding tert-OH is 1. The second kappa shape index (κ2) is 6.55. The van der Waals surface area contributed by atoms with Crippen molar-refractivity contribution >= 4 is 15.9 Å². The van der Waals surface area contributed by atoms with Crippen molar-refractivity contribution in [2.24, 2.45) is 0 Å². The van der Waals surface area contributed by atoms with Gasteiger partial charge in [-0.2, -0.15) is 0 Å². The molecule has 100 valence electrons. The Morgan fingerprint density at radius 2 is 2.17 bits per heavy atom. The second-order valence-electron chi connectivity index (χ2n) is 4.91. The third-order valence-electron chi connectivity index (χ3n) is 3.63. The van der Waals surface area contributed by atoms with Gasteiger partial charge in [0, 0.05) is 29.2 Å². The SMILES string of the molecule is OCCC1CCCCN1Cc1cc(Br)ccc1O. The first kappa shape index (κ1) is 13.8. The molecule has 0 saturated carbocycles. The Morgan fingerprint density at radius 3 is 2.94 bits per heavy atom. The molecule has 0 radical (unpaired) electrons. The Bertz CT molecular complexity index is 395. The van der Waals surface area contributed by atoms with Crippen LogP contribution in [0.25, 0.3) is 0 Å². The summed E-state index contributed by atoms with van der Waals surface area (Å²) in [5.41, 5.74) is 0.953. The van der Waals surface area contributed by atoms with Gasteiger partial charge in [0.15, 0.2) is 0 Å². The van der Waals surface area contributed by atoms with Crippen molar-refractivity contribution in [2.75, 3.05) is 13.2 Å². The van der Waals surface area contributed by atoms with Crippen LogP contribution in [0.1, 0.15) is 31.2 Å². The zero-order valence-electron chi connectivity index (χ0n) is 10.5. The lowest BCUT2D eigenvalue weighted by atomic mass is 9.98. The van der Waals surface area contributed by atoms with Crippen molar-refractivity contribution < 1.29 is 10.2 Å². The highest BCUT2D eigenvalue weighted by Crippen LogP contribution is 2.27. The van der Waals surface area contributed by atoms with Gasteiger partial charge in [0.25, 0.3) is 0 Å². The lowest BCUT2D eigenvalue weighted by Gasteiger charge is -2.35. The number of aliphatic hydroxyl groups is 1. The van der Waals surface area contributed by atoms with Crippen LogP contribution in [0, 0.1) is 0 Å².